The molecule has 0 aliphatic carbocycles. The number of hydrogen-bond donors (Lipinski definition) is 2. The summed E-state index contributed by atoms with van der Waals surface area (Å²) in [5.74, 6) is 0. The molecule has 2 aromatic carbocycles. The third kappa shape index (κ3) is 5.06. The smallest absolute Gasteiger partial charge is 0.243 e. The number of piperidine rings is 1. The molecule has 0 aromatic heterocycles. The molecule has 7 heteroatoms. The molecule has 0 atom stereocenters. The number of aryl methyl sites for hydroxylation is 1. The number of thiocarbonyl (C=S) groups is 1. The van der Waals surface area contributed by atoms with E-state index in [1.165, 1.54) is 0 Å². The Kier molecular flexibility index (Phi) is 6.46. The predicted molar refractivity (Wildman–Crippen MR) is 113 cm³/mol. The summed E-state index contributed by atoms with van der Waals surface area (Å²) in [6.45, 7) is 3.73. The maximum Gasteiger partial charge on any atom is 0.243 e. The third-order valence-electron chi connectivity index (χ3n) is 4.71. The van der Waals surface area contributed by atoms with Crippen LogP contribution in [0.5, 0.6) is 0 Å². The number of rotatable bonds is 5. The molecule has 2 aromatic rings. The lowest BCUT2D eigenvalue weighted by Gasteiger charge is -2.26. The number of nitrogens with one attached hydrogen (secondary N) is 2. The van der Waals surface area contributed by atoms with Gasteiger partial charge in [0.1, 0.15) is 0 Å². The van der Waals surface area contributed by atoms with Crippen LogP contribution in [0, 0.1) is 6.92 Å². The minimum atomic E-state index is -3.46. The van der Waals surface area contributed by atoms with E-state index >= 15 is 0 Å². The van der Waals surface area contributed by atoms with E-state index in [0.717, 1.165) is 30.4 Å². The number of anilines is 1. The van der Waals surface area contributed by atoms with Crippen LogP contribution in [0.3, 0.4) is 0 Å². The minimum absolute atomic E-state index is 0.309. The summed E-state index contributed by atoms with van der Waals surface area (Å²) in [6.07, 6.45) is 2.93. The molecule has 0 amide bonds. The molecule has 1 fully saturated rings. The van der Waals surface area contributed by atoms with E-state index in [-0.39, 0.29) is 0 Å². The summed E-state index contributed by atoms with van der Waals surface area (Å²) in [7, 11) is -3.46. The summed E-state index contributed by atoms with van der Waals surface area (Å²) < 4.78 is 27.4. The Morgan fingerprint density at radius 2 is 1.78 bits per heavy atom. The molecule has 3 rings (SSSR count). The number of hydrogen-bond acceptors (Lipinski definition) is 3. The maximum absolute atomic E-state index is 12.9. The molecule has 5 nitrogen and oxygen atoms in total. The van der Waals surface area contributed by atoms with Gasteiger partial charge >= 0.3 is 0 Å². The lowest BCUT2D eigenvalue weighted by molar-refractivity contribution is 0.346. The Hall–Kier alpha value is -1.96. The molecule has 1 saturated heterocycles. The maximum atomic E-state index is 12.9. The van der Waals surface area contributed by atoms with Crippen molar-refractivity contribution >= 4 is 33.0 Å². The molecule has 0 unspecified atom stereocenters. The van der Waals surface area contributed by atoms with Crippen molar-refractivity contribution < 1.29 is 8.42 Å². The van der Waals surface area contributed by atoms with Crippen molar-refractivity contribution in [3.05, 3.63) is 59.7 Å². The molecule has 1 heterocycles. The SMILES string of the molecule is Cc1ccc(S(=O)(=O)N2CCCCC2)cc1NC(=S)NCc1ccccc1. The van der Waals surface area contributed by atoms with Crippen molar-refractivity contribution in [2.75, 3.05) is 18.4 Å². The Morgan fingerprint density at radius 1 is 1.07 bits per heavy atom. The second-order valence-electron chi connectivity index (χ2n) is 6.73. The van der Waals surface area contributed by atoms with Gasteiger partial charge in [0.2, 0.25) is 10.0 Å². The molecule has 1 aliphatic heterocycles. The van der Waals surface area contributed by atoms with Gasteiger partial charge in [-0.1, -0.05) is 42.8 Å². The highest BCUT2D eigenvalue weighted by Gasteiger charge is 2.26. The first-order valence-corrected chi connectivity index (χ1v) is 11.0. The van der Waals surface area contributed by atoms with E-state index in [0.29, 0.717) is 35.3 Å². The molecule has 144 valence electrons. The van der Waals surface area contributed by atoms with E-state index in [2.05, 4.69) is 10.6 Å². The summed E-state index contributed by atoms with van der Waals surface area (Å²) in [5.41, 5.74) is 2.77. The molecular weight excluding hydrogens is 378 g/mol. The van der Waals surface area contributed by atoms with Gasteiger partial charge in [0.15, 0.2) is 5.11 Å². The predicted octanol–water partition coefficient (Wildman–Crippen LogP) is 3.66. The zero-order chi connectivity index (χ0) is 19.3. The summed E-state index contributed by atoms with van der Waals surface area (Å²) in [5, 5.41) is 6.76. The van der Waals surface area contributed by atoms with Crippen LogP contribution in [0.2, 0.25) is 0 Å². The molecule has 0 radical (unpaired) electrons. The third-order valence-corrected chi connectivity index (χ3v) is 6.85. The normalized spacial score (nSPS) is 15.3. The molecule has 0 saturated carbocycles. The Balaban J connectivity index is 1.70. The molecule has 2 N–H and O–H groups in total. The molecule has 27 heavy (non-hydrogen) atoms. The van der Waals surface area contributed by atoms with Crippen LogP contribution >= 0.6 is 12.2 Å². The topological polar surface area (TPSA) is 61.4 Å². The molecular formula is C20H25N3O2S2. The first kappa shape index (κ1) is 19.8. The lowest BCUT2D eigenvalue weighted by atomic mass is 10.2. The highest BCUT2D eigenvalue weighted by Crippen LogP contribution is 2.25. The van der Waals surface area contributed by atoms with Gasteiger partial charge in [0, 0.05) is 25.3 Å². The van der Waals surface area contributed by atoms with Crippen LogP contribution in [0.4, 0.5) is 5.69 Å². The van der Waals surface area contributed by atoms with Gasteiger partial charge in [-0.3, -0.25) is 0 Å². The van der Waals surface area contributed by atoms with E-state index in [1.54, 1.807) is 16.4 Å². The monoisotopic (exact) mass is 403 g/mol. The average Bonchev–Trinajstić information content (AvgIpc) is 2.69. The molecule has 0 bridgehead atoms. The van der Waals surface area contributed by atoms with Gasteiger partial charge < -0.3 is 10.6 Å². The van der Waals surface area contributed by atoms with Crippen LogP contribution in [0.25, 0.3) is 0 Å². The molecule has 1 aliphatic rings. The van der Waals surface area contributed by atoms with Crippen molar-refractivity contribution in [3.63, 3.8) is 0 Å². The van der Waals surface area contributed by atoms with Gasteiger partial charge in [0.05, 0.1) is 4.90 Å². The second-order valence-corrected chi connectivity index (χ2v) is 9.08. The van der Waals surface area contributed by atoms with Crippen LogP contribution in [-0.4, -0.2) is 30.9 Å². The first-order chi connectivity index (χ1) is 13.0. The fraction of sp³-hybridized carbons (Fsp3) is 0.350. The van der Waals surface area contributed by atoms with Crippen molar-refractivity contribution in [2.24, 2.45) is 0 Å². The number of nitrogens with zero attached hydrogens (tertiary/aromatic N) is 1. The highest BCUT2D eigenvalue weighted by atomic mass is 32.2. The lowest BCUT2D eigenvalue weighted by Crippen LogP contribution is -2.35. The van der Waals surface area contributed by atoms with Crippen molar-refractivity contribution in [3.8, 4) is 0 Å². The van der Waals surface area contributed by atoms with Gasteiger partial charge in [-0.2, -0.15) is 4.31 Å². The summed E-state index contributed by atoms with van der Waals surface area (Å²) in [6, 6.07) is 15.1. The average molecular weight is 404 g/mol. The number of sulfonamides is 1. The fourth-order valence-electron chi connectivity index (χ4n) is 3.10. The fourth-order valence-corrected chi connectivity index (χ4v) is 4.82. The van der Waals surface area contributed by atoms with Crippen molar-refractivity contribution in [1.82, 2.24) is 9.62 Å². The van der Waals surface area contributed by atoms with Gasteiger partial charge in [-0.25, -0.2) is 8.42 Å². The van der Waals surface area contributed by atoms with Gasteiger partial charge in [0.25, 0.3) is 0 Å². The van der Waals surface area contributed by atoms with Crippen LogP contribution in [0.1, 0.15) is 30.4 Å². The van der Waals surface area contributed by atoms with Crippen LogP contribution in [0.15, 0.2) is 53.4 Å². The highest BCUT2D eigenvalue weighted by molar-refractivity contribution is 7.89. The Morgan fingerprint density at radius 3 is 2.48 bits per heavy atom. The quantitative estimate of drug-likeness (QED) is 0.746. The zero-order valence-corrected chi connectivity index (χ0v) is 17.1. The van der Waals surface area contributed by atoms with Crippen LogP contribution in [-0.2, 0) is 16.6 Å². The first-order valence-electron chi connectivity index (χ1n) is 9.16. The summed E-state index contributed by atoms with van der Waals surface area (Å²) in [4.78, 5) is 0.309. The largest absolute Gasteiger partial charge is 0.358 e. The second kappa shape index (κ2) is 8.82. The van der Waals surface area contributed by atoms with E-state index in [4.69, 9.17) is 12.2 Å². The van der Waals surface area contributed by atoms with E-state index < -0.39 is 10.0 Å². The van der Waals surface area contributed by atoms with Crippen LogP contribution < -0.4 is 10.6 Å². The van der Waals surface area contributed by atoms with Gasteiger partial charge in [-0.05, 0) is 55.2 Å². The summed E-state index contributed by atoms with van der Waals surface area (Å²) >= 11 is 5.37. The van der Waals surface area contributed by atoms with E-state index in [1.807, 2.05) is 43.3 Å². The van der Waals surface area contributed by atoms with E-state index in [9.17, 15) is 8.42 Å². The van der Waals surface area contributed by atoms with Gasteiger partial charge in [-0.15, -0.1) is 0 Å². The van der Waals surface area contributed by atoms with Crippen molar-refractivity contribution in [1.29, 1.82) is 0 Å². The molecule has 0 spiro atoms. The zero-order valence-electron chi connectivity index (χ0n) is 15.4. The Labute approximate surface area is 166 Å². The van der Waals surface area contributed by atoms with Crippen molar-refractivity contribution in [2.45, 2.75) is 37.6 Å². The Bertz CT molecular complexity index is 893. The standard InChI is InChI=1S/C20H25N3O2S2/c1-16-10-11-18(27(24,25)23-12-6-3-7-13-23)14-19(16)22-20(26)21-15-17-8-4-2-5-9-17/h2,4-5,8-11,14H,3,6-7,12-13,15H2,1H3,(H2,21,22,26). The number of benzene rings is 2. The minimum Gasteiger partial charge on any atom is -0.358 e.